The normalized spacial score (nSPS) is 10.7. The highest BCUT2D eigenvalue weighted by atomic mass is 16.5. The molecule has 1 heterocycles. The summed E-state index contributed by atoms with van der Waals surface area (Å²) in [5.74, 6) is 0.812. The highest BCUT2D eigenvalue weighted by molar-refractivity contribution is 5.84. The van der Waals surface area contributed by atoms with E-state index in [1.54, 1.807) is 13.2 Å². The molecule has 0 saturated heterocycles. The molecule has 3 aromatic rings. The molecule has 4 heteroatoms. The van der Waals surface area contributed by atoms with Crippen LogP contribution in [-0.2, 0) is 6.54 Å². The van der Waals surface area contributed by atoms with E-state index >= 15 is 0 Å². The van der Waals surface area contributed by atoms with Crippen LogP contribution >= 0.6 is 0 Å². The molecule has 1 N–H and O–H groups in total. The first kappa shape index (κ1) is 15.2. The van der Waals surface area contributed by atoms with Gasteiger partial charge in [0.1, 0.15) is 11.3 Å². The van der Waals surface area contributed by atoms with Crippen molar-refractivity contribution in [3.8, 4) is 5.75 Å². The lowest BCUT2D eigenvalue weighted by Gasteiger charge is -2.11. The number of ether oxygens (including phenoxy) is 1. The SMILES string of the molecule is COc1ccc(NCc2cc(=O)oc3c(C)c(C)ccc23)cc1. The van der Waals surface area contributed by atoms with Gasteiger partial charge in [0.15, 0.2) is 0 Å². The van der Waals surface area contributed by atoms with Gasteiger partial charge in [0.05, 0.1) is 7.11 Å². The molecule has 0 aliphatic rings. The molecule has 0 aliphatic carbocycles. The van der Waals surface area contributed by atoms with Crippen LogP contribution in [0.4, 0.5) is 5.69 Å². The quantitative estimate of drug-likeness (QED) is 0.739. The van der Waals surface area contributed by atoms with Crippen LogP contribution in [0.25, 0.3) is 11.0 Å². The summed E-state index contributed by atoms with van der Waals surface area (Å²) in [5, 5.41) is 4.30. The zero-order valence-corrected chi connectivity index (χ0v) is 13.5. The Morgan fingerprint density at radius 3 is 2.52 bits per heavy atom. The van der Waals surface area contributed by atoms with Gasteiger partial charge < -0.3 is 14.5 Å². The number of hydrogen-bond acceptors (Lipinski definition) is 4. The molecule has 0 bridgehead atoms. The monoisotopic (exact) mass is 309 g/mol. The molecule has 0 unspecified atom stereocenters. The Kier molecular flexibility index (Phi) is 4.06. The van der Waals surface area contributed by atoms with Gasteiger partial charge in [0, 0.05) is 23.7 Å². The lowest BCUT2D eigenvalue weighted by molar-refractivity contribution is 0.415. The van der Waals surface area contributed by atoms with Crippen molar-refractivity contribution in [2.75, 3.05) is 12.4 Å². The van der Waals surface area contributed by atoms with Gasteiger partial charge in [-0.05, 0) is 54.8 Å². The predicted octanol–water partition coefficient (Wildman–Crippen LogP) is 4.03. The number of benzene rings is 2. The van der Waals surface area contributed by atoms with Crippen LogP contribution in [-0.4, -0.2) is 7.11 Å². The van der Waals surface area contributed by atoms with E-state index in [0.717, 1.165) is 33.5 Å². The standard InChI is InChI=1S/C19H19NO3/c1-12-4-9-17-14(10-18(21)23-19(17)13(12)2)11-20-15-5-7-16(22-3)8-6-15/h4-10,20H,11H2,1-3H3. The molecule has 0 fully saturated rings. The van der Waals surface area contributed by atoms with Gasteiger partial charge >= 0.3 is 5.63 Å². The Balaban J connectivity index is 1.93. The van der Waals surface area contributed by atoms with Crippen LogP contribution in [0.15, 0.2) is 51.7 Å². The first-order chi connectivity index (χ1) is 11.1. The molecule has 0 atom stereocenters. The fourth-order valence-electron chi connectivity index (χ4n) is 2.58. The Morgan fingerprint density at radius 2 is 1.83 bits per heavy atom. The molecule has 118 valence electrons. The molecule has 23 heavy (non-hydrogen) atoms. The van der Waals surface area contributed by atoms with E-state index in [2.05, 4.69) is 11.4 Å². The molecule has 0 spiro atoms. The molecular weight excluding hydrogens is 290 g/mol. The Hall–Kier alpha value is -2.75. The molecular formula is C19H19NO3. The molecule has 3 rings (SSSR count). The fourth-order valence-corrected chi connectivity index (χ4v) is 2.58. The summed E-state index contributed by atoms with van der Waals surface area (Å²) in [5.41, 5.74) is 4.36. The number of rotatable bonds is 4. The van der Waals surface area contributed by atoms with Crippen LogP contribution in [0.2, 0.25) is 0 Å². The van der Waals surface area contributed by atoms with E-state index in [1.165, 1.54) is 0 Å². The van der Waals surface area contributed by atoms with E-state index in [1.807, 2.05) is 44.2 Å². The second-order valence-corrected chi connectivity index (χ2v) is 5.56. The summed E-state index contributed by atoms with van der Waals surface area (Å²) in [7, 11) is 1.64. The molecule has 0 radical (unpaired) electrons. The zero-order chi connectivity index (χ0) is 16.4. The number of methoxy groups -OCH3 is 1. The lowest BCUT2D eigenvalue weighted by atomic mass is 10.0. The summed E-state index contributed by atoms with van der Waals surface area (Å²) in [6.07, 6.45) is 0. The highest BCUT2D eigenvalue weighted by Crippen LogP contribution is 2.24. The largest absolute Gasteiger partial charge is 0.497 e. The molecule has 1 aromatic heterocycles. The smallest absolute Gasteiger partial charge is 0.336 e. The van der Waals surface area contributed by atoms with E-state index in [9.17, 15) is 4.79 Å². The van der Waals surface area contributed by atoms with Crippen molar-refractivity contribution >= 4 is 16.7 Å². The Bertz CT molecular complexity index is 895. The molecule has 0 aliphatic heterocycles. The second-order valence-electron chi connectivity index (χ2n) is 5.56. The van der Waals surface area contributed by atoms with Crippen LogP contribution in [0.5, 0.6) is 5.75 Å². The van der Waals surface area contributed by atoms with Crippen LogP contribution < -0.4 is 15.7 Å². The third kappa shape index (κ3) is 3.06. The fraction of sp³-hybridized carbons (Fsp3) is 0.211. The van der Waals surface area contributed by atoms with E-state index in [4.69, 9.17) is 9.15 Å². The highest BCUT2D eigenvalue weighted by Gasteiger charge is 2.09. The summed E-state index contributed by atoms with van der Waals surface area (Å²) < 4.78 is 10.5. The third-order valence-corrected chi connectivity index (χ3v) is 4.09. The van der Waals surface area contributed by atoms with Crippen LogP contribution in [0.1, 0.15) is 16.7 Å². The van der Waals surface area contributed by atoms with Gasteiger partial charge in [-0.2, -0.15) is 0 Å². The first-order valence-corrected chi connectivity index (χ1v) is 7.49. The number of hydrogen-bond donors (Lipinski definition) is 1. The molecule has 0 amide bonds. The van der Waals surface area contributed by atoms with E-state index in [0.29, 0.717) is 12.1 Å². The second kappa shape index (κ2) is 6.16. The number of fused-ring (bicyclic) bond motifs is 1. The topological polar surface area (TPSA) is 51.5 Å². The third-order valence-electron chi connectivity index (χ3n) is 4.09. The van der Waals surface area contributed by atoms with Crippen LogP contribution in [0.3, 0.4) is 0 Å². The van der Waals surface area contributed by atoms with Gasteiger partial charge in [-0.3, -0.25) is 0 Å². The minimum Gasteiger partial charge on any atom is -0.497 e. The average Bonchev–Trinajstić information content (AvgIpc) is 2.57. The zero-order valence-electron chi connectivity index (χ0n) is 13.5. The predicted molar refractivity (Wildman–Crippen MR) is 92.3 cm³/mol. The van der Waals surface area contributed by atoms with Gasteiger partial charge in [0.2, 0.25) is 0 Å². The van der Waals surface area contributed by atoms with Crippen molar-refractivity contribution in [1.82, 2.24) is 0 Å². The minimum absolute atomic E-state index is 0.322. The van der Waals surface area contributed by atoms with Crippen molar-refractivity contribution in [1.29, 1.82) is 0 Å². The summed E-state index contributed by atoms with van der Waals surface area (Å²) in [6, 6.07) is 13.3. The molecule has 4 nitrogen and oxygen atoms in total. The van der Waals surface area contributed by atoms with E-state index in [-0.39, 0.29) is 5.63 Å². The number of aryl methyl sites for hydroxylation is 2. The Labute approximate surface area is 134 Å². The maximum atomic E-state index is 11.9. The molecule has 0 saturated carbocycles. The van der Waals surface area contributed by atoms with Crippen molar-refractivity contribution in [2.45, 2.75) is 20.4 Å². The summed E-state index contributed by atoms with van der Waals surface area (Å²) in [4.78, 5) is 11.9. The van der Waals surface area contributed by atoms with Crippen molar-refractivity contribution < 1.29 is 9.15 Å². The summed E-state index contributed by atoms with van der Waals surface area (Å²) >= 11 is 0. The first-order valence-electron chi connectivity index (χ1n) is 7.49. The maximum Gasteiger partial charge on any atom is 0.336 e. The van der Waals surface area contributed by atoms with Crippen molar-refractivity contribution in [2.24, 2.45) is 0 Å². The van der Waals surface area contributed by atoms with Crippen molar-refractivity contribution in [3.63, 3.8) is 0 Å². The average molecular weight is 309 g/mol. The molecule has 2 aromatic carbocycles. The van der Waals surface area contributed by atoms with E-state index < -0.39 is 0 Å². The maximum absolute atomic E-state index is 11.9. The number of anilines is 1. The van der Waals surface area contributed by atoms with Crippen LogP contribution in [0, 0.1) is 13.8 Å². The lowest BCUT2D eigenvalue weighted by Crippen LogP contribution is -2.06. The van der Waals surface area contributed by atoms with Gasteiger partial charge in [-0.1, -0.05) is 12.1 Å². The van der Waals surface area contributed by atoms with Crippen molar-refractivity contribution in [3.05, 3.63) is 69.6 Å². The minimum atomic E-state index is -0.322. The Morgan fingerprint density at radius 1 is 1.09 bits per heavy atom. The van der Waals surface area contributed by atoms with Gasteiger partial charge in [0.25, 0.3) is 0 Å². The van der Waals surface area contributed by atoms with Gasteiger partial charge in [-0.25, -0.2) is 4.79 Å². The number of nitrogens with one attached hydrogen (secondary N) is 1. The summed E-state index contributed by atoms with van der Waals surface area (Å²) in [6.45, 7) is 4.54. The van der Waals surface area contributed by atoms with Gasteiger partial charge in [-0.15, -0.1) is 0 Å².